The van der Waals surface area contributed by atoms with Gasteiger partial charge in [0.1, 0.15) is 5.82 Å². The molecule has 0 aliphatic rings. The van der Waals surface area contributed by atoms with Crippen molar-refractivity contribution in [2.45, 2.75) is 39.3 Å². The largest absolute Gasteiger partial charge is 0.383 e. The van der Waals surface area contributed by atoms with Gasteiger partial charge in [-0.2, -0.15) is 0 Å². The lowest BCUT2D eigenvalue weighted by atomic mass is 10.2. The maximum absolute atomic E-state index is 13.3. The van der Waals surface area contributed by atoms with E-state index in [0.717, 1.165) is 12.0 Å². The lowest BCUT2D eigenvalue weighted by Gasteiger charge is -2.25. The summed E-state index contributed by atoms with van der Waals surface area (Å²) in [4.78, 5) is 54.4. The molecule has 0 saturated carbocycles. The number of nitrogens with two attached hydrogens (primary N) is 1. The molecular weight excluding hydrogens is 470 g/mol. The standard InChI is InChI=1S/C25H28ClN5O4/c1-2-3-15-30-22(27)21(24(34)29-25(30)35)31(16-17-9-5-4-6-10-17)20(32)13-14-28-23(33)18-11-7-8-12-19(18)26/h4-12H,2-3,13-16,27H2,1H3,(H,28,33)(H,29,34,35). The zero-order valence-corrected chi connectivity index (χ0v) is 20.2. The van der Waals surface area contributed by atoms with E-state index in [1.807, 2.05) is 37.3 Å². The fourth-order valence-corrected chi connectivity index (χ4v) is 3.81. The molecule has 0 aliphatic heterocycles. The first-order valence-electron chi connectivity index (χ1n) is 11.3. The third-order valence-corrected chi connectivity index (χ3v) is 5.78. The second-order valence-electron chi connectivity index (χ2n) is 7.95. The van der Waals surface area contributed by atoms with Crippen molar-refractivity contribution in [3.05, 3.63) is 91.6 Å². The van der Waals surface area contributed by atoms with Crippen molar-refractivity contribution in [2.24, 2.45) is 0 Å². The van der Waals surface area contributed by atoms with Crippen LogP contribution in [0.3, 0.4) is 0 Å². The summed E-state index contributed by atoms with van der Waals surface area (Å²) >= 11 is 6.06. The molecule has 0 spiro atoms. The van der Waals surface area contributed by atoms with E-state index in [4.69, 9.17) is 17.3 Å². The number of H-pyrrole nitrogens is 1. The predicted molar refractivity (Wildman–Crippen MR) is 137 cm³/mol. The van der Waals surface area contributed by atoms with Crippen molar-refractivity contribution in [1.29, 1.82) is 0 Å². The summed E-state index contributed by atoms with van der Waals surface area (Å²) in [7, 11) is 0. The number of nitrogens with zero attached hydrogens (tertiary/aromatic N) is 2. The van der Waals surface area contributed by atoms with E-state index in [1.54, 1.807) is 24.3 Å². The minimum Gasteiger partial charge on any atom is -0.383 e. The molecule has 35 heavy (non-hydrogen) atoms. The average molecular weight is 498 g/mol. The van der Waals surface area contributed by atoms with E-state index < -0.39 is 23.1 Å². The van der Waals surface area contributed by atoms with Gasteiger partial charge in [-0.05, 0) is 24.1 Å². The highest BCUT2D eigenvalue weighted by Gasteiger charge is 2.24. The average Bonchev–Trinajstić information content (AvgIpc) is 2.84. The zero-order valence-electron chi connectivity index (χ0n) is 19.4. The van der Waals surface area contributed by atoms with Crippen molar-refractivity contribution >= 4 is 34.9 Å². The van der Waals surface area contributed by atoms with Crippen LogP contribution in [0, 0.1) is 0 Å². The monoisotopic (exact) mass is 497 g/mol. The summed E-state index contributed by atoms with van der Waals surface area (Å²) in [6.45, 7) is 2.36. The smallest absolute Gasteiger partial charge is 0.330 e. The van der Waals surface area contributed by atoms with Crippen molar-refractivity contribution in [1.82, 2.24) is 14.9 Å². The van der Waals surface area contributed by atoms with Crippen LogP contribution >= 0.6 is 11.6 Å². The van der Waals surface area contributed by atoms with E-state index in [-0.39, 0.29) is 31.0 Å². The zero-order chi connectivity index (χ0) is 25.4. The lowest BCUT2D eigenvalue weighted by Crippen LogP contribution is -2.41. The van der Waals surface area contributed by atoms with Gasteiger partial charge in [0, 0.05) is 19.5 Å². The summed E-state index contributed by atoms with van der Waals surface area (Å²) in [6, 6.07) is 15.7. The van der Waals surface area contributed by atoms with E-state index in [2.05, 4.69) is 10.3 Å². The number of nitrogens with one attached hydrogen (secondary N) is 2. The maximum Gasteiger partial charge on any atom is 0.330 e. The topological polar surface area (TPSA) is 130 Å². The van der Waals surface area contributed by atoms with Gasteiger partial charge in [-0.25, -0.2) is 4.79 Å². The minimum absolute atomic E-state index is 0.0153. The molecule has 1 heterocycles. The Morgan fingerprint density at radius 3 is 2.46 bits per heavy atom. The number of nitrogen functional groups attached to an aromatic ring is 1. The molecule has 0 atom stereocenters. The second-order valence-corrected chi connectivity index (χ2v) is 8.36. The number of rotatable bonds is 10. The number of carbonyl (C=O) groups excluding carboxylic acids is 2. The number of amides is 2. The summed E-state index contributed by atoms with van der Waals surface area (Å²) in [6.07, 6.45) is 1.39. The second kappa shape index (κ2) is 12.0. The van der Waals surface area contributed by atoms with Gasteiger partial charge in [0.2, 0.25) is 5.91 Å². The first-order valence-corrected chi connectivity index (χ1v) is 11.7. The SMILES string of the molecule is CCCCn1c(N)c(N(Cc2ccccc2)C(=O)CCNC(=O)c2ccccc2Cl)c(=O)[nH]c1=O. The highest BCUT2D eigenvalue weighted by Crippen LogP contribution is 2.21. The molecule has 10 heteroatoms. The summed E-state index contributed by atoms with van der Waals surface area (Å²) in [5, 5.41) is 2.98. The van der Waals surface area contributed by atoms with Gasteiger partial charge >= 0.3 is 5.69 Å². The minimum atomic E-state index is -0.746. The number of aromatic amines is 1. The maximum atomic E-state index is 13.3. The Kier molecular flexibility index (Phi) is 8.86. The summed E-state index contributed by atoms with van der Waals surface area (Å²) in [5.74, 6) is -0.925. The first kappa shape index (κ1) is 25.8. The quantitative estimate of drug-likeness (QED) is 0.396. The van der Waals surface area contributed by atoms with Crippen molar-refractivity contribution in [3.8, 4) is 0 Å². The van der Waals surface area contributed by atoms with Crippen LogP contribution in [0.4, 0.5) is 11.5 Å². The molecule has 0 fully saturated rings. The molecular formula is C25H28ClN5O4. The van der Waals surface area contributed by atoms with Crippen LogP contribution in [0.15, 0.2) is 64.2 Å². The summed E-state index contributed by atoms with van der Waals surface area (Å²) < 4.78 is 1.27. The van der Waals surface area contributed by atoms with Gasteiger partial charge in [0.05, 0.1) is 17.1 Å². The van der Waals surface area contributed by atoms with Crippen LogP contribution in [0.1, 0.15) is 42.1 Å². The molecule has 3 aromatic rings. The van der Waals surface area contributed by atoms with Crippen molar-refractivity contribution < 1.29 is 9.59 Å². The molecule has 0 saturated heterocycles. The number of anilines is 2. The molecule has 3 rings (SSSR count). The Morgan fingerprint density at radius 1 is 1.09 bits per heavy atom. The number of unbranched alkanes of at least 4 members (excludes halogenated alkanes) is 1. The van der Waals surface area contributed by atoms with Crippen LogP contribution < -0.4 is 27.2 Å². The Bertz CT molecular complexity index is 1300. The Morgan fingerprint density at radius 2 is 1.77 bits per heavy atom. The molecule has 0 unspecified atom stereocenters. The van der Waals surface area contributed by atoms with Crippen LogP contribution in [-0.4, -0.2) is 27.9 Å². The highest BCUT2D eigenvalue weighted by atomic mass is 35.5. The van der Waals surface area contributed by atoms with E-state index in [1.165, 1.54) is 9.47 Å². The van der Waals surface area contributed by atoms with Crippen LogP contribution in [-0.2, 0) is 17.9 Å². The van der Waals surface area contributed by atoms with Gasteiger partial charge in [0.25, 0.3) is 11.5 Å². The molecule has 2 aromatic carbocycles. The van der Waals surface area contributed by atoms with E-state index >= 15 is 0 Å². The Hall–Kier alpha value is -3.85. The molecule has 184 valence electrons. The Balaban J connectivity index is 1.87. The number of carbonyl (C=O) groups is 2. The van der Waals surface area contributed by atoms with Crippen LogP contribution in [0.2, 0.25) is 5.02 Å². The highest BCUT2D eigenvalue weighted by molar-refractivity contribution is 6.33. The number of aromatic nitrogens is 2. The molecule has 9 nitrogen and oxygen atoms in total. The van der Waals surface area contributed by atoms with E-state index in [9.17, 15) is 19.2 Å². The van der Waals surface area contributed by atoms with Gasteiger partial charge in [-0.15, -0.1) is 0 Å². The van der Waals surface area contributed by atoms with Crippen molar-refractivity contribution in [3.63, 3.8) is 0 Å². The van der Waals surface area contributed by atoms with Gasteiger partial charge in [-0.1, -0.05) is 67.4 Å². The third kappa shape index (κ3) is 6.39. The number of halogens is 1. The van der Waals surface area contributed by atoms with Crippen LogP contribution in [0.5, 0.6) is 0 Å². The number of benzene rings is 2. The van der Waals surface area contributed by atoms with Crippen molar-refractivity contribution in [2.75, 3.05) is 17.2 Å². The molecule has 2 amide bonds. The van der Waals surface area contributed by atoms with Gasteiger partial charge in [-0.3, -0.25) is 23.9 Å². The van der Waals surface area contributed by atoms with Crippen LogP contribution in [0.25, 0.3) is 0 Å². The fraction of sp³-hybridized carbons (Fsp3) is 0.280. The molecule has 4 N–H and O–H groups in total. The molecule has 1 aromatic heterocycles. The lowest BCUT2D eigenvalue weighted by molar-refractivity contribution is -0.118. The normalized spacial score (nSPS) is 10.7. The molecule has 0 radical (unpaired) electrons. The first-order chi connectivity index (χ1) is 16.8. The van der Waals surface area contributed by atoms with E-state index in [0.29, 0.717) is 23.6 Å². The Labute approximate surface area is 207 Å². The number of hydrogen-bond donors (Lipinski definition) is 3. The molecule has 0 aliphatic carbocycles. The fourth-order valence-electron chi connectivity index (χ4n) is 3.59. The van der Waals surface area contributed by atoms with Gasteiger partial charge < -0.3 is 16.0 Å². The third-order valence-electron chi connectivity index (χ3n) is 5.45. The number of hydrogen-bond acceptors (Lipinski definition) is 5. The predicted octanol–water partition coefficient (Wildman–Crippen LogP) is 2.93. The van der Waals surface area contributed by atoms with Gasteiger partial charge in [0.15, 0.2) is 5.69 Å². The summed E-state index contributed by atoms with van der Waals surface area (Å²) in [5.41, 5.74) is 5.86. The molecule has 0 bridgehead atoms.